The van der Waals surface area contributed by atoms with Crippen molar-refractivity contribution in [3.05, 3.63) is 28.8 Å². The molecule has 2 heterocycles. The lowest BCUT2D eigenvalue weighted by Crippen LogP contribution is -2.51. The Morgan fingerprint density at radius 1 is 1.42 bits per heavy atom. The summed E-state index contributed by atoms with van der Waals surface area (Å²) in [6, 6.07) is 4.27. The van der Waals surface area contributed by atoms with Crippen LogP contribution in [0.1, 0.15) is 16.8 Å². The molecule has 1 aromatic carbocycles. The van der Waals surface area contributed by atoms with Gasteiger partial charge in [-0.05, 0) is 23.4 Å². The molecular weight excluding hydrogens is 372 g/mol. The summed E-state index contributed by atoms with van der Waals surface area (Å²) in [5.41, 5.74) is 0.553. The summed E-state index contributed by atoms with van der Waals surface area (Å²) in [6.45, 7) is -0.922. The Bertz CT molecular complexity index is 831. The van der Waals surface area contributed by atoms with Crippen LogP contribution < -0.4 is 0 Å². The molecule has 1 saturated heterocycles. The molecule has 0 bridgehead atoms. The second kappa shape index (κ2) is 6.94. The molecule has 0 spiro atoms. The average molecular weight is 386 g/mol. The molecule has 0 radical (unpaired) electrons. The van der Waals surface area contributed by atoms with Gasteiger partial charge in [-0.25, -0.2) is 8.78 Å². The number of ether oxygens (including phenoxy) is 1. The highest BCUT2D eigenvalue weighted by Gasteiger charge is 2.45. The van der Waals surface area contributed by atoms with E-state index in [0.29, 0.717) is 5.56 Å². The third-order valence-corrected chi connectivity index (χ3v) is 4.34. The summed E-state index contributed by atoms with van der Waals surface area (Å²) in [4.78, 5) is 25.2. The minimum absolute atomic E-state index is 0.114. The molecule has 1 aromatic heterocycles. The van der Waals surface area contributed by atoms with E-state index in [9.17, 15) is 18.4 Å². The lowest BCUT2D eigenvalue weighted by atomic mass is 9.94. The van der Waals surface area contributed by atoms with Crippen LogP contribution in [0.2, 0.25) is 5.02 Å². The fraction of sp³-hybridized carbons (Fsp3) is 0.400. The van der Waals surface area contributed by atoms with Gasteiger partial charge in [0.1, 0.15) is 0 Å². The number of benzene rings is 1. The Labute approximate surface area is 151 Å². The SMILES string of the molecule is COC(=O)C1CN(C(=O)c2ccc(-c3nn[nH]n3)c(Cl)c2)CC(F)(F)C1. The quantitative estimate of drug-likeness (QED) is 0.808. The number of aromatic nitrogens is 4. The fourth-order valence-corrected chi connectivity index (χ4v) is 3.13. The van der Waals surface area contributed by atoms with E-state index in [-0.39, 0.29) is 23.0 Å². The average Bonchev–Trinajstić information content (AvgIpc) is 3.13. The van der Waals surface area contributed by atoms with Crippen LogP contribution in [0.25, 0.3) is 11.4 Å². The fourth-order valence-electron chi connectivity index (χ4n) is 2.87. The molecule has 1 aliphatic heterocycles. The molecule has 1 amide bonds. The van der Waals surface area contributed by atoms with Crippen molar-refractivity contribution < 1.29 is 23.1 Å². The molecular formula is C15H14ClF2N5O3. The number of nitrogens with one attached hydrogen (secondary N) is 1. The topological polar surface area (TPSA) is 101 Å². The Morgan fingerprint density at radius 2 is 2.19 bits per heavy atom. The van der Waals surface area contributed by atoms with Crippen molar-refractivity contribution in [1.82, 2.24) is 25.5 Å². The first-order valence-electron chi connectivity index (χ1n) is 7.59. The van der Waals surface area contributed by atoms with Crippen LogP contribution in [-0.4, -0.2) is 63.5 Å². The number of carbonyl (C=O) groups is 2. The first-order valence-corrected chi connectivity index (χ1v) is 7.97. The van der Waals surface area contributed by atoms with Gasteiger partial charge in [0.05, 0.1) is 24.6 Å². The zero-order valence-electron chi connectivity index (χ0n) is 13.6. The highest BCUT2D eigenvalue weighted by atomic mass is 35.5. The van der Waals surface area contributed by atoms with Crippen molar-refractivity contribution in [2.45, 2.75) is 12.3 Å². The number of hydrogen-bond acceptors (Lipinski definition) is 6. The van der Waals surface area contributed by atoms with Gasteiger partial charge in [0.25, 0.3) is 11.8 Å². The van der Waals surface area contributed by atoms with E-state index in [2.05, 4.69) is 25.4 Å². The molecule has 2 aromatic rings. The van der Waals surface area contributed by atoms with Crippen LogP contribution >= 0.6 is 11.6 Å². The number of H-pyrrole nitrogens is 1. The van der Waals surface area contributed by atoms with Gasteiger partial charge in [-0.1, -0.05) is 11.6 Å². The van der Waals surface area contributed by atoms with E-state index in [0.717, 1.165) is 12.0 Å². The smallest absolute Gasteiger partial charge is 0.310 e. The Hall–Kier alpha value is -2.62. The zero-order valence-corrected chi connectivity index (χ0v) is 14.3. The Balaban J connectivity index is 1.84. The maximum Gasteiger partial charge on any atom is 0.310 e. The molecule has 1 aliphatic rings. The number of amides is 1. The van der Waals surface area contributed by atoms with Crippen molar-refractivity contribution in [1.29, 1.82) is 0 Å². The zero-order chi connectivity index (χ0) is 18.9. The van der Waals surface area contributed by atoms with Gasteiger partial charge in [0.15, 0.2) is 0 Å². The first kappa shape index (κ1) is 18.2. The normalized spacial score (nSPS) is 19.2. The number of nitrogens with zero attached hydrogens (tertiary/aromatic N) is 4. The largest absolute Gasteiger partial charge is 0.469 e. The molecule has 1 unspecified atom stereocenters. The van der Waals surface area contributed by atoms with Crippen molar-refractivity contribution in [3.8, 4) is 11.4 Å². The van der Waals surface area contributed by atoms with Gasteiger partial charge in [0.2, 0.25) is 5.82 Å². The molecule has 11 heteroatoms. The minimum Gasteiger partial charge on any atom is -0.469 e. The number of rotatable bonds is 3. The second-order valence-corrected chi connectivity index (χ2v) is 6.30. The van der Waals surface area contributed by atoms with Crippen LogP contribution in [0.4, 0.5) is 8.78 Å². The molecule has 1 fully saturated rings. The molecule has 8 nitrogen and oxygen atoms in total. The number of aromatic amines is 1. The predicted molar refractivity (Wildman–Crippen MR) is 85.6 cm³/mol. The number of carbonyl (C=O) groups excluding carboxylic acids is 2. The van der Waals surface area contributed by atoms with Crippen molar-refractivity contribution >= 4 is 23.5 Å². The monoisotopic (exact) mass is 385 g/mol. The van der Waals surface area contributed by atoms with Crippen molar-refractivity contribution in [3.63, 3.8) is 0 Å². The lowest BCUT2D eigenvalue weighted by molar-refractivity contribution is -0.154. The summed E-state index contributed by atoms with van der Waals surface area (Å²) in [5.74, 6) is -5.44. The van der Waals surface area contributed by atoms with Gasteiger partial charge in [-0.3, -0.25) is 9.59 Å². The van der Waals surface area contributed by atoms with Crippen LogP contribution in [-0.2, 0) is 9.53 Å². The number of piperidine rings is 1. The van der Waals surface area contributed by atoms with Crippen molar-refractivity contribution in [2.75, 3.05) is 20.2 Å². The van der Waals surface area contributed by atoms with E-state index in [1.165, 1.54) is 18.2 Å². The summed E-state index contributed by atoms with van der Waals surface area (Å²) >= 11 is 6.15. The van der Waals surface area contributed by atoms with Gasteiger partial charge in [-0.15, -0.1) is 10.2 Å². The number of methoxy groups -OCH3 is 1. The molecule has 1 N–H and O–H groups in total. The number of alkyl halides is 2. The van der Waals surface area contributed by atoms with Crippen LogP contribution in [0.5, 0.6) is 0 Å². The number of esters is 1. The van der Waals surface area contributed by atoms with Gasteiger partial charge >= 0.3 is 5.97 Å². The number of hydrogen-bond donors (Lipinski definition) is 1. The summed E-state index contributed by atoms with van der Waals surface area (Å²) in [5, 5.41) is 13.5. The van der Waals surface area contributed by atoms with Gasteiger partial charge < -0.3 is 9.64 Å². The molecule has 26 heavy (non-hydrogen) atoms. The van der Waals surface area contributed by atoms with Crippen LogP contribution in [0.3, 0.4) is 0 Å². The van der Waals surface area contributed by atoms with Gasteiger partial charge in [0, 0.05) is 24.1 Å². The minimum atomic E-state index is -3.18. The summed E-state index contributed by atoms with van der Waals surface area (Å²) in [7, 11) is 1.12. The summed E-state index contributed by atoms with van der Waals surface area (Å²) in [6.07, 6.45) is -0.652. The van der Waals surface area contributed by atoms with E-state index < -0.39 is 36.7 Å². The second-order valence-electron chi connectivity index (χ2n) is 5.90. The number of halogens is 3. The number of tetrazole rings is 1. The third-order valence-electron chi connectivity index (χ3n) is 4.03. The maximum absolute atomic E-state index is 14.0. The first-order chi connectivity index (χ1) is 12.3. The lowest BCUT2D eigenvalue weighted by Gasteiger charge is -2.36. The van der Waals surface area contributed by atoms with E-state index in [1.54, 1.807) is 0 Å². The third kappa shape index (κ3) is 3.64. The predicted octanol–water partition coefficient (Wildman–Crippen LogP) is 1.79. The Morgan fingerprint density at radius 3 is 2.81 bits per heavy atom. The highest BCUT2D eigenvalue weighted by Crippen LogP contribution is 2.33. The standard InChI is InChI=1S/C15H14ClF2N5O3/c1-26-14(25)9-5-15(17,18)7-23(6-9)13(24)8-2-3-10(11(16)4-8)12-19-21-22-20-12/h2-4,9H,5-7H2,1H3,(H,19,20,21,22). The van der Waals surface area contributed by atoms with E-state index >= 15 is 0 Å². The molecule has 138 valence electrons. The maximum atomic E-state index is 14.0. The molecule has 3 rings (SSSR count). The van der Waals surface area contributed by atoms with E-state index in [1.807, 2.05) is 0 Å². The molecule has 0 saturated carbocycles. The van der Waals surface area contributed by atoms with E-state index in [4.69, 9.17) is 11.6 Å². The summed E-state index contributed by atoms with van der Waals surface area (Å²) < 4.78 is 32.4. The molecule has 1 atom stereocenters. The molecule has 0 aliphatic carbocycles. The number of likely N-dealkylation sites (tertiary alicyclic amines) is 1. The van der Waals surface area contributed by atoms with Crippen LogP contribution in [0.15, 0.2) is 18.2 Å². The Kier molecular flexibility index (Phi) is 4.86. The van der Waals surface area contributed by atoms with Crippen molar-refractivity contribution in [2.24, 2.45) is 5.92 Å². The highest BCUT2D eigenvalue weighted by molar-refractivity contribution is 6.33. The van der Waals surface area contributed by atoms with Crippen LogP contribution in [0, 0.1) is 5.92 Å². The van der Waals surface area contributed by atoms with Gasteiger partial charge in [-0.2, -0.15) is 5.21 Å².